The van der Waals surface area contributed by atoms with Crippen molar-refractivity contribution in [3.05, 3.63) is 125 Å². The van der Waals surface area contributed by atoms with E-state index in [2.05, 4.69) is 19.9 Å². The highest BCUT2D eigenvalue weighted by Gasteiger charge is 2.37. The second kappa shape index (κ2) is 13.8. The first-order valence-corrected chi connectivity index (χ1v) is 16.8. The van der Waals surface area contributed by atoms with Crippen LogP contribution < -0.4 is 20.8 Å². The van der Waals surface area contributed by atoms with Gasteiger partial charge in [-0.05, 0) is 95.7 Å². The van der Waals surface area contributed by atoms with Gasteiger partial charge in [0.1, 0.15) is 23.2 Å². The predicted octanol–water partition coefficient (Wildman–Crippen LogP) is 6.30. The predicted molar refractivity (Wildman–Crippen MR) is 197 cm³/mol. The number of amidine groups is 2. The van der Waals surface area contributed by atoms with Gasteiger partial charge in [-0.2, -0.15) is 9.98 Å². The maximum atomic E-state index is 11.8. The molecule has 14 heteroatoms. The average molecular weight is 701 g/mol. The third kappa shape index (κ3) is 6.24. The van der Waals surface area contributed by atoms with E-state index in [0.717, 1.165) is 54.9 Å². The van der Waals surface area contributed by atoms with Crippen molar-refractivity contribution in [2.24, 2.45) is 4.99 Å². The van der Waals surface area contributed by atoms with Crippen LogP contribution in [0.4, 0.5) is 5.82 Å². The minimum atomic E-state index is -0.346. The Hall–Kier alpha value is -6.12. The number of methoxy groups -OCH3 is 2. The molecule has 3 N–H and O–H groups in total. The van der Waals surface area contributed by atoms with E-state index in [1.165, 1.54) is 29.2 Å². The molecule has 6 aromatic rings. The SMILES string of the molecule is COc1ccc(-c2c(-c3ccncc3)sc3nc(=O)cc(N)n23)cc1.COc1ccc(C2=C(c3ccncc3)SC3=NC(=O)CC(=N)N32)cc1. The van der Waals surface area contributed by atoms with E-state index in [4.69, 9.17) is 20.6 Å². The molecule has 0 unspecified atom stereocenters. The summed E-state index contributed by atoms with van der Waals surface area (Å²) < 4.78 is 12.3. The van der Waals surface area contributed by atoms with Crippen molar-refractivity contribution in [2.45, 2.75) is 6.42 Å². The molecule has 0 saturated carbocycles. The smallest absolute Gasteiger partial charge is 0.276 e. The molecular weight excluding hydrogens is 673 g/mol. The molecule has 6 heterocycles. The summed E-state index contributed by atoms with van der Waals surface area (Å²) in [5.74, 6) is 1.84. The monoisotopic (exact) mass is 700 g/mol. The first kappa shape index (κ1) is 32.4. The largest absolute Gasteiger partial charge is 0.497 e. The molecule has 0 aliphatic carbocycles. The number of anilines is 1. The maximum absolute atomic E-state index is 11.8. The summed E-state index contributed by atoms with van der Waals surface area (Å²) in [6, 6.07) is 24.4. The molecule has 248 valence electrons. The molecule has 0 saturated heterocycles. The van der Waals surface area contributed by atoms with Crippen LogP contribution in [-0.4, -0.2) is 55.4 Å². The number of hydrogen-bond acceptors (Lipinski definition) is 11. The number of amides is 1. The van der Waals surface area contributed by atoms with Crippen LogP contribution in [0.1, 0.15) is 17.5 Å². The van der Waals surface area contributed by atoms with E-state index in [1.807, 2.05) is 77.2 Å². The summed E-state index contributed by atoms with van der Waals surface area (Å²) in [5.41, 5.74) is 11.4. The Morgan fingerprint density at radius 2 is 1.36 bits per heavy atom. The first-order valence-electron chi connectivity index (χ1n) is 15.2. The minimum absolute atomic E-state index is 0.00728. The summed E-state index contributed by atoms with van der Waals surface area (Å²) in [6.07, 6.45) is 6.93. The van der Waals surface area contributed by atoms with E-state index in [0.29, 0.717) is 15.9 Å². The number of carbonyl (C=O) groups excluding carboxylic acids is 1. The highest BCUT2D eigenvalue weighted by molar-refractivity contribution is 8.22. The van der Waals surface area contributed by atoms with Gasteiger partial charge in [-0.3, -0.25) is 34.3 Å². The molecule has 4 aromatic heterocycles. The Bertz CT molecular complexity index is 2360. The van der Waals surface area contributed by atoms with Crippen LogP contribution in [0.5, 0.6) is 11.5 Å². The van der Waals surface area contributed by atoms with Crippen LogP contribution >= 0.6 is 23.1 Å². The van der Waals surface area contributed by atoms with Crippen molar-refractivity contribution < 1.29 is 14.3 Å². The number of aliphatic imine (C=N–C) groups is 1. The molecule has 2 aliphatic heterocycles. The van der Waals surface area contributed by atoms with Crippen molar-refractivity contribution in [3.8, 4) is 33.2 Å². The fourth-order valence-electron chi connectivity index (χ4n) is 5.50. The van der Waals surface area contributed by atoms with E-state index < -0.39 is 0 Å². The van der Waals surface area contributed by atoms with Gasteiger partial charge >= 0.3 is 0 Å². The average Bonchev–Trinajstić information content (AvgIpc) is 3.72. The quantitative estimate of drug-likeness (QED) is 0.202. The van der Waals surface area contributed by atoms with Gasteiger partial charge in [-0.1, -0.05) is 11.3 Å². The number of nitrogens with two attached hydrogens (primary N) is 1. The number of aromatic nitrogens is 4. The lowest BCUT2D eigenvalue weighted by Gasteiger charge is -2.25. The molecule has 2 aliphatic rings. The second-order valence-electron chi connectivity index (χ2n) is 10.9. The van der Waals surface area contributed by atoms with Crippen LogP contribution in [0.3, 0.4) is 0 Å². The van der Waals surface area contributed by atoms with Gasteiger partial charge in [-0.15, -0.1) is 0 Å². The van der Waals surface area contributed by atoms with Gasteiger partial charge < -0.3 is 15.2 Å². The lowest BCUT2D eigenvalue weighted by atomic mass is 10.1. The Morgan fingerprint density at radius 3 is 1.96 bits per heavy atom. The van der Waals surface area contributed by atoms with Crippen molar-refractivity contribution >= 4 is 61.4 Å². The van der Waals surface area contributed by atoms with E-state index in [9.17, 15) is 9.59 Å². The Labute approximate surface area is 294 Å². The molecule has 12 nitrogen and oxygen atoms in total. The standard InChI is InChI=1S/2C18H14N4O2S/c2*1-24-13-4-2-11(3-5-13)16-17(12-6-8-20-9-7-12)25-18-21-15(23)10-14(19)22(16)18/h2-9,19H,10H2,1H3;2-10H,19H2,1H3. The highest BCUT2D eigenvalue weighted by Crippen LogP contribution is 2.47. The topological polar surface area (TPSA) is 161 Å². The summed E-state index contributed by atoms with van der Waals surface area (Å²) in [6.45, 7) is 0. The molecule has 0 atom stereocenters. The molecule has 50 heavy (non-hydrogen) atoms. The zero-order valence-electron chi connectivity index (χ0n) is 26.7. The number of hydrogen-bond donors (Lipinski definition) is 2. The van der Waals surface area contributed by atoms with Gasteiger partial charge in [0.05, 0.1) is 36.9 Å². The third-order valence-corrected chi connectivity index (χ3v) is 9.98. The number of rotatable bonds is 6. The van der Waals surface area contributed by atoms with Crippen LogP contribution in [0.2, 0.25) is 0 Å². The summed E-state index contributed by atoms with van der Waals surface area (Å²) >= 11 is 2.83. The summed E-state index contributed by atoms with van der Waals surface area (Å²) in [7, 11) is 3.25. The van der Waals surface area contributed by atoms with Gasteiger partial charge in [0.15, 0.2) is 10.1 Å². The zero-order chi connectivity index (χ0) is 34.8. The molecular formula is C36H28N8O4S2. The number of thioether (sulfide) groups is 1. The molecule has 0 bridgehead atoms. The lowest BCUT2D eigenvalue weighted by Crippen LogP contribution is -2.35. The zero-order valence-corrected chi connectivity index (χ0v) is 28.4. The maximum Gasteiger partial charge on any atom is 0.276 e. The van der Waals surface area contributed by atoms with Crippen LogP contribution in [0.15, 0.2) is 113 Å². The van der Waals surface area contributed by atoms with Crippen LogP contribution in [0, 0.1) is 5.41 Å². The van der Waals surface area contributed by atoms with Crippen molar-refractivity contribution in [3.63, 3.8) is 0 Å². The Balaban J connectivity index is 0.000000157. The number of pyridine rings is 2. The number of thiazole rings is 1. The number of fused-ring (bicyclic) bond motifs is 2. The first-order chi connectivity index (χ1) is 24.3. The lowest BCUT2D eigenvalue weighted by molar-refractivity contribution is -0.116. The molecule has 0 radical (unpaired) electrons. The number of nitrogen functional groups attached to an aromatic ring is 1. The highest BCUT2D eigenvalue weighted by atomic mass is 32.2. The summed E-state index contributed by atoms with van der Waals surface area (Å²) in [5, 5.41) is 8.82. The summed E-state index contributed by atoms with van der Waals surface area (Å²) in [4.78, 5) is 44.1. The molecule has 0 fully saturated rings. The normalized spacial score (nSPS) is 13.9. The van der Waals surface area contributed by atoms with E-state index >= 15 is 0 Å². The van der Waals surface area contributed by atoms with Crippen molar-refractivity contribution in [1.82, 2.24) is 24.3 Å². The second-order valence-corrected chi connectivity index (χ2v) is 12.8. The molecule has 2 aromatic carbocycles. The Morgan fingerprint density at radius 1 is 0.780 bits per heavy atom. The fourth-order valence-corrected chi connectivity index (χ4v) is 7.85. The number of benzene rings is 2. The van der Waals surface area contributed by atoms with Crippen LogP contribution in [0.25, 0.3) is 37.3 Å². The van der Waals surface area contributed by atoms with Crippen molar-refractivity contribution in [1.29, 1.82) is 5.41 Å². The third-order valence-electron chi connectivity index (χ3n) is 7.80. The van der Waals surface area contributed by atoms with Crippen LogP contribution in [-0.2, 0) is 4.79 Å². The number of ether oxygens (including phenoxy) is 2. The van der Waals surface area contributed by atoms with E-state index in [1.54, 1.807) is 43.9 Å². The molecule has 0 spiro atoms. The molecule has 1 amide bonds. The Kier molecular flexibility index (Phi) is 8.94. The van der Waals surface area contributed by atoms with Gasteiger partial charge in [0, 0.05) is 46.9 Å². The fraction of sp³-hybridized carbons (Fsp3) is 0.0833. The van der Waals surface area contributed by atoms with E-state index in [-0.39, 0.29) is 23.7 Å². The number of nitrogens with one attached hydrogen (secondary N) is 1. The minimum Gasteiger partial charge on any atom is -0.497 e. The van der Waals surface area contributed by atoms with Gasteiger partial charge in [0.2, 0.25) is 0 Å². The van der Waals surface area contributed by atoms with Gasteiger partial charge in [-0.25, -0.2) is 0 Å². The number of nitrogens with zero attached hydrogens (tertiary/aromatic N) is 6. The van der Waals surface area contributed by atoms with Crippen molar-refractivity contribution in [2.75, 3.05) is 20.0 Å². The number of carbonyl (C=O) groups is 1. The molecule has 8 rings (SSSR count). The van der Waals surface area contributed by atoms with Gasteiger partial charge in [0.25, 0.3) is 11.5 Å².